The summed E-state index contributed by atoms with van der Waals surface area (Å²) in [6, 6.07) is 8.30. The Morgan fingerprint density at radius 3 is 2.88 bits per heavy atom. The van der Waals surface area contributed by atoms with Gasteiger partial charge in [0.15, 0.2) is 6.29 Å². The van der Waals surface area contributed by atoms with Gasteiger partial charge in [0.1, 0.15) is 24.0 Å². The zero-order valence-electron chi connectivity index (χ0n) is 18.8. The highest BCUT2D eigenvalue weighted by Gasteiger charge is 2.43. The monoisotopic (exact) mass is 471 g/mol. The average Bonchev–Trinajstić information content (AvgIpc) is 3.34. The third kappa shape index (κ3) is 4.71. The van der Waals surface area contributed by atoms with Crippen LogP contribution in [0.5, 0.6) is 5.75 Å². The molecule has 5 rings (SSSR count). The first kappa shape index (κ1) is 22.2. The molecule has 0 bridgehead atoms. The molecule has 33 heavy (non-hydrogen) atoms. The molecule has 0 amide bonds. The predicted molar refractivity (Wildman–Crippen MR) is 124 cm³/mol. The number of benzene rings is 2. The van der Waals surface area contributed by atoms with E-state index in [4.69, 9.17) is 14.2 Å². The van der Waals surface area contributed by atoms with Gasteiger partial charge in [-0.3, -0.25) is 0 Å². The summed E-state index contributed by atoms with van der Waals surface area (Å²) in [6.45, 7) is 3.03. The molecule has 0 N–H and O–H groups in total. The summed E-state index contributed by atoms with van der Waals surface area (Å²) in [5.41, 5.74) is 3.92. The van der Waals surface area contributed by atoms with E-state index in [1.54, 1.807) is 18.6 Å². The van der Waals surface area contributed by atoms with Gasteiger partial charge in [0.25, 0.3) is 0 Å². The van der Waals surface area contributed by atoms with Gasteiger partial charge >= 0.3 is 0 Å². The van der Waals surface area contributed by atoms with E-state index in [0.717, 1.165) is 34.1 Å². The fraction of sp³-hybridized carbons (Fsp3) is 0.417. The highest BCUT2D eigenvalue weighted by molar-refractivity contribution is 7.92. The molecule has 7 nitrogen and oxygen atoms in total. The van der Waals surface area contributed by atoms with Crippen LogP contribution in [0.2, 0.25) is 0 Å². The van der Waals surface area contributed by atoms with Crippen LogP contribution in [0.25, 0.3) is 10.9 Å². The molecule has 0 saturated carbocycles. The SMILES string of the molecule is Cc1cc(N=S(C)(C)=O)cc2ncnc(Cc3ccc(F)cc3O[C@@H]3CO[C@@H]4OCC[C@@H]43)c12. The van der Waals surface area contributed by atoms with Crippen molar-refractivity contribution in [3.8, 4) is 5.75 Å². The Labute approximate surface area is 192 Å². The lowest BCUT2D eigenvalue weighted by molar-refractivity contribution is -0.0906. The molecule has 0 radical (unpaired) electrons. The topological polar surface area (TPSA) is 82.9 Å². The number of rotatable bonds is 5. The van der Waals surface area contributed by atoms with Crippen molar-refractivity contribution >= 4 is 26.3 Å². The lowest BCUT2D eigenvalue weighted by Gasteiger charge is -2.20. The number of hydrogen-bond acceptors (Lipinski definition) is 7. The summed E-state index contributed by atoms with van der Waals surface area (Å²) in [6.07, 6.45) is 5.61. The van der Waals surface area contributed by atoms with Crippen molar-refractivity contribution in [2.45, 2.75) is 32.2 Å². The molecular weight excluding hydrogens is 445 g/mol. The van der Waals surface area contributed by atoms with E-state index in [2.05, 4.69) is 14.3 Å². The first-order valence-corrected chi connectivity index (χ1v) is 13.2. The molecule has 2 saturated heterocycles. The minimum atomic E-state index is -2.29. The minimum Gasteiger partial charge on any atom is -0.487 e. The van der Waals surface area contributed by atoms with Crippen LogP contribution in [0, 0.1) is 18.7 Å². The van der Waals surface area contributed by atoms with Crippen LogP contribution in [0.4, 0.5) is 10.1 Å². The Balaban J connectivity index is 1.49. The van der Waals surface area contributed by atoms with Gasteiger partial charge in [0, 0.05) is 45.7 Å². The standard InChI is InChI=1S/C24H26FN3O4S/c1-14-8-17(28-33(2,3)29)11-20-23(14)19(26-13-27-20)9-15-4-5-16(25)10-21(15)32-22-12-31-24-18(22)6-7-30-24/h4-5,8,10-11,13,18,22,24H,6-7,9,12H2,1-3H3/t18-,22-,24+/m1/s1. The molecule has 2 aromatic carbocycles. The quantitative estimate of drug-likeness (QED) is 0.556. The van der Waals surface area contributed by atoms with Crippen LogP contribution in [0.15, 0.2) is 41.0 Å². The number of fused-ring (bicyclic) bond motifs is 2. The molecule has 2 aliphatic rings. The molecular formula is C24H26FN3O4S. The van der Waals surface area contributed by atoms with Crippen molar-refractivity contribution in [2.24, 2.45) is 10.3 Å². The number of aromatic nitrogens is 2. The molecule has 1 aromatic heterocycles. The molecule has 3 heterocycles. The molecule has 174 valence electrons. The fourth-order valence-electron chi connectivity index (χ4n) is 4.57. The van der Waals surface area contributed by atoms with E-state index in [-0.39, 0.29) is 24.1 Å². The molecule has 3 atom stereocenters. The third-order valence-corrected chi connectivity index (χ3v) is 6.62. The second-order valence-electron chi connectivity index (χ2n) is 8.86. The van der Waals surface area contributed by atoms with E-state index >= 15 is 0 Å². The maximum absolute atomic E-state index is 14.1. The molecule has 3 aromatic rings. The summed E-state index contributed by atoms with van der Waals surface area (Å²) >= 11 is 0. The largest absolute Gasteiger partial charge is 0.487 e. The number of nitrogens with zero attached hydrogens (tertiary/aromatic N) is 3. The zero-order valence-corrected chi connectivity index (χ0v) is 19.6. The van der Waals surface area contributed by atoms with Crippen LogP contribution in [0.3, 0.4) is 0 Å². The van der Waals surface area contributed by atoms with E-state index in [1.165, 1.54) is 18.5 Å². The van der Waals surface area contributed by atoms with Crippen molar-refractivity contribution in [3.63, 3.8) is 0 Å². The van der Waals surface area contributed by atoms with Gasteiger partial charge in [0.2, 0.25) is 0 Å². The van der Waals surface area contributed by atoms with Crippen LogP contribution in [-0.4, -0.2) is 52.3 Å². The second-order valence-corrected chi connectivity index (χ2v) is 11.4. The zero-order chi connectivity index (χ0) is 23.2. The summed E-state index contributed by atoms with van der Waals surface area (Å²) in [7, 11) is -2.29. The number of ether oxygens (including phenoxy) is 3. The normalized spacial score (nSPS) is 22.5. The van der Waals surface area contributed by atoms with Crippen LogP contribution in [0.1, 0.15) is 23.2 Å². The van der Waals surface area contributed by atoms with Crippen LogP contribution >= 0.6 is 0 Å². The van der Waals surface area contributed by atoms with Gasteiger partial charge < -0.3 is 14.2 Å². The van der Waals surface area contributed by atoms with Crippen molar-refractivity contribution < 1.29 is 22.8 Å². The highest BCUT2D eigenvalue weighted by Crippen LogP contribution is 2.36. The van der Waals surface area contributed by atoms with Crippen LogP contribution in [-0.2, 0) is 25.6 Å². The lowest BCUT2D eigenvalue weighted by atomic mass is 10.0. The summed E-state index contributed by atoms with van der Waals surface area (Å²) < 4.78 is 48.1. The van der Waals surface area contributed by atoms with E-state index in [9.17, 15) is 8.60 Å². The average molecular weight is 472 g/mol. The maximum atomic E-state index is 14.1. The number of hydrogen-bond donors (Lipinski definition) is 0. The Morgan fingerprint density at radius 1 is 1.21 bits per heavy atom. The highest BCUT2D eigenvalue weighted by atomic mass is 32.2. The van der Waals surface area contributed by atoms with Gasteiger partial charge in [-0.05, 0) is 37.1 Å². The number of halogens is 1. The molecule has 2 fully saturated rings. The van der Waals surface area contributed by atoms with E-state index in [1.807, 2.05) is 19.1 Å². The van der Waals surface area contributed by atoms with E-state index in [0.29, 0.717) is 31.1 Å². The summed E-state index contributed by atoms with van der Waals surface area (Å²) in [5.74, 6) is 0.284. The van der Waals surface area contributed by atoms with Crippen molar-refractivity contribution in [2.75, 3.05) is 25.7 Å². The van der Waals surface area contributed by atoms with Crippen molar-refractivity contribution in [3.05, 3.63) is 59.3 Å². The van der Waals surface area contributed by atoms with Crippen LogP contribution < -0.4 is 4.74 Å². The first-order valence-electron chi connectivity index (χ1n) is 10.9. The lowest BCUT2D eigenvalue weighted by Crippen LogP contribution is -2.26. The number of aryl methyl sites for hydroxylation is 1. The molecule has 9 heteroatoms. The van der Waals surface area contributed by atoms with Crippen molar-refractivity contribution in [1.29, 1.82) is 0 Å². The Kier molecular flexibility index (Phi) is 5.80. The third-order valence-electron chi connectivity index (χ3n) is 5.97. The van der Waals surface area contributed by atoms with Gasteiger partial charge in [-0.1, -0.05) is 6.07 Å². The molecule has 0 aliphatic carbocycles. The smallest absolute Gasteiger partial charge is 0.164 e. The molecule has 0 unspecified atom stereocenters. The molecule has 2 aliphatic heterocycles. The van der Waals surface area contributed by atoms with Gasteiger partial charge in [-0.2, -0.15) is 4.36 Å². The minimum absolute atomic E-state index is 0.151. The maximum Gasteiger partial charge on any atom is 0.164 e. The summed E-state index contributed by atoms with van der Waals surface area (Å²) in [5, 5.41) is 0.902. The summed E-state index contributed by atoms with van der Waals surface area (Å²) in [4.78, 5) is 8.93. The second kappa shape index (κ2) is 8.62. The first-order chi connectivity index (χ1) is 15.8. The predicted octanol–water partition coefficient (Wildman–Crippen LogP) is 4.17. The van der Waals surface area contributed by atoms with E-state index < -0.39 is 9.73 Å². The van der Waals surface area contributed by atoms with Crippen molar-refractivity contribution in [1.82, 2.24) is 9.97 Å². The molecule has 0 spiro atoms. The van der Waals surface area contributed by atoms with Gasteiger partial charge in [0.05, 0.1) is 36.0 Å². The van der Waals surface area contributed by atoms with Gasteiger partial charge in [-0.25, -0.2) is 18.6 Å². The van der Waals surface area contributed by atoms with Gasteiger partial charge in [-0.15, -0.1) is 0 Å². The fourth-order valence-corrected chi connectivity index (χ4v) is 5.18. The Hall–Kier alpha value is -2.62. The Bertz CT molecular complexity index is 1330. The Morgan fingerprint density at radius 2 is 2.06 bits per heavy atom.